The average Bonchev–Trinajstić information content (AvgIpc) is 2.79. The van der Waals surface area contributed by atoms with E-state index < -0.39 is 0 Å². The highest BCUT2D eigenvalue weighted by Gasteiger charge is 2.10. The van der Waals surface area contributed by atoms with Gasteiger partial charge in [0, 0.05) is 5.69 Å². The van der Waals surface area contributed by atoms with Crippen molar-refractivity contribution in [1.82, 2.24) is 10.1 Å². The second-order valence-corrected chi connectivity index (χ2v) is 3.74. The number of aromatic nitrogens is 2. The maximum atomic E-state index is 12.7. The third kappa shape index (κ3) is 3.27. The monoisotopic (exact) mass is 269 g/mol. The molecule has 1 aromatic carbocycles. The highest BCUT2D eigenvalue weighted by atomic mass is 35.5. The van der Waals surface area contributed by atoms with Crippen LogP contribution in [0.4, 0.5) is 10.1 Å². The van der Waals surface area contributed by atoms with E-state index in [1.807, 2.05) is 0 Å². The number of anilines is 1. The van der Waals surface area contributed by atoms with Crippen molar-refractivity contribution in [3.63, 3.8) is 0 Å². The van der Waals surface area contributed by atoms with Crippen LogP contribution in [-0.2, 0) is 17.1 Å². The summed E-state index contributed by atoms with van der Waals surface area (Å²) in [6.07, 6.45) is -0.0300. The number of alkyl halides is 1. The average molecular weight is 270 g/mol. The van der Waals surface area contributed by atoms with Gasteiger partial charge in [-0.2, -0.15) is 4.98 Å². The fourth-order valence-corrected chi connectivity index (χ4v) is 1.41. The predicted octanol–water partition coefficient (Wildman–Crippen LogP) is 2.13. The van der Waals surface area contributed by atoms with Gasteiger partial charge in [0.05, 0.1) is 6.42 Å². The molecular weight excluding hydrogens is 261 g/mol. The molecule has 2 aromatic rings. The molecular formula is C11H9ClFN3O2. The first-order valence-corrected chi connectivity index (χ1v) is 5.63. The van der Waals surface area contributed by atoms with Gasteiger partial charge in [-0.1, -0.05) is 5.16 Å². The standard InChI is InChI=1S/C11H9ClFN3O2/c12-6-11-15-9(16-18-11)5-10(17)14-8-3-1-7(13)2-4-8/h1-4H,5-6H2,(H,14,17). The van der Waals surface area contributed by atoms with Crippen LogP contribution in [0.25, 0.3) is 0 Å². The lowest BCUT2D eigenvalue weighted by molar-refractivity contribution is -0.115. The zero-order chi connectivity index (χ0) is 13.0. The van der Waals surface area contributed by atoms with Crippen LogP contribution in [0.15, 0.2) is 28.8 Å². The summed E-state index contributed by atoms with van der Waals surface area (Å²) in [7, 11) is 0. The minimum Gasteiger partial charge on any atom is -0.338 e. The third-order valence-corrected chi connectivity index (χ3v) is 2.30. The van der Waals surface area contributed by atoms with Gasteiger partial charge >= 0.3 is 0 Å². The van der Waals surface area contributed by atoms with Crippen LogP contribution >= 0.6 is 11.6 Å². The van der Waals surface area contributed by atoms with Crippen molar-refractivity contribution < 1.29 is 13.7 Å². The Kier molecular flexibility index (Phi) is 3.88. The molecule has 18 heavy (non-hydrogen) atoms. The second-order valence-electron chi connectivity index (χ2n) is 3.47. The van der Waals surface area contributed by atoms with Crippen molar-refractivity contribution in [3.8, 4) is 0 Å². The molecule has 0 radical (unpaired) electrons. The minimum atomic E-state index is -0.363. The second kappa shape index (κ2) is 5.59. The summed E-state index contributed by atoms with van der Waals surface area (Å²) in [6, 6.07) is 5.45. The summed E-state index contributed by atoms with van der Waals surface area (Å²) in [5.41, 5.74) is 0.502. The zero-order valence-electron chi connectivity index (χ0n) is 9.19. The first-order chi connectivity index (χ1) is 8.67. The third-order valence-electron chi connectivity index (χ3n) is 2.07. The molecule has 1 heterocycles. The van der Waals surface area contributed by atoms with Crippen LogP contribution in [0, 0.1) is 5.82 Å². The number of hydrogen-bond donors (Lipinski definition) is 1. The topological polar surface area (TPSA) is 68.0 Å². The van der Waals surface area contributed by atoms with E-state index in [0.717, 1.165) is 0 Å². The van der Waals surface area contributed by atoms with Gasteiger partial charge in [0.2, 0.25) is 11.8 Å². The predicted molar refractivity (Wildman–Crippen MR) is 62.6 cm³/mol. The SMILES string of the molecule is O=C(Cc1noc(CCl)n1)Nc1ccc(F)cc1. The Balaban J connectivity index is 1.94. The maximum Gasteiger partial charge on any atom is 0.241 e. The summed E-state index contributed by atoms with van der Waals surface area (Å²) in [5, 5.41) is 6.18. The van der Waals surface area contributed by atoms with E-state index in [0.29, 0.717) is 5.69 Å². The first kappa shape index (κ1) is 12.5. The van der Waals surface area contributed by atoms with E-state index in [2.05, 4.69) is 15.5 Å². The molecule has 0 saturated heterocycles. The van der Waals surface area contributed by atoms with Gasteiger partial charge < -0.3 is 9.84 Å². The van der Waals surface area contributed by atoms with Gasteiger partial charge in [-0.15, -0.1) is 11.6 Å². The number of nitrogens with zero attached hydrogens (tertiary/aromatic N) is 2. The number of carbonyl (C=O) groups excluding carboxylic acids is 1. The largest absolute Gasteiger partial charge is 0.338 e. The van der Waals surface area contributed by atoms with Gasteiger partial charge in [-0.05, 0) is 24.3 Å². The summed E-state index contributed by atoms with van der Waals surface area (Å²) in [5.74, 6) is -0.0555. The number of benzene rings is 1. The molecule has 1 aromatic heterocycles. The van der Waals surface area contributed by atoms with Gasteiger partial charge in [-0.3, -0.25) is 4.79 Å². The zero-order valence-corrected chi connectivity index (χ0v) is 9.95. The number of hydrogen-bond acceptors (Lipinski definition) is 4. The Bertz CT molecular complexity index is 541. The van der Waals surface area contributed by atoms with Crippen LogP contribution in [0.1, 0.15) is 11.7 Å². The summed E-state index contributed by atoms with van der Waals surface area (Å²) >= 11 is 5.49. The highest BCUT2D eigenvalue weighted by molar-refractivity contribution is 6.16. The molecule has 0 unspecified atom stereocenters. The van der Waals surface area contributed by atoms with Crippen molar-refractivity contribution in [2.45, 2.75) is 12.3 Å². The molecule has 1 N–H and O–H groups in total. The lowest BCUT2D eigenvalue weighted by atomic mass is 10.3. The Hall–Kier alpha value is -1.95. The number of nitrogens with one attached hydrogen (secondary N) is 1. The lowest BCUT2D eigenvalue weighted by Gasteiger charge is -2.02. The van der Waals surface area contributed by atoms with Gasteiger partial charge in [0.1, 0.15) is 11.7 Å². The van der Waals surface area contributed by atoms with Crippen molar-refractivity contribution in [2.75, 3.05) is 5.32 Å². The van der Waals surface area contributed by atoms with E-state index in [1.165, 1.54) is 24.3 Å². The van der Waals surface area contributed by atoms with Crippen molar-refractivity contribution >= 4 is 23.2 Å². The van der Waals surface area contributed by atoms with Crippen LogP contribution in [-0.4, -0.2) is 16.0 Å². The highest BCUT2D eigenvalue weighted by Crippen LogP contribution is 2.09. The van der Waals surface area contributed by atoms with Crippen LogP contribution in [0.5, 0.6) is 0 Å². The number of carbonyl (C=O) groups is 1. The van der Waals surface area contributed by atoms with Gasteiger partial charge in [0.15, 0.2) is 5.82 Å². The Morgan fingerprint density at radius 3 is 2.72 bits per heavy atom. The lowest BCUT2D eigenvalue weighted by Crippen LogP contribution is -2.15. The molecule has 0 aliphatic rings. The fourth-order valence-electron chi connectivity index (χ4n) is 1.30. The van der Waals surface area contributed by atoms with Crippen molar-refractivity contribution in [2.24, 2.45) is 0 Å². The molecule has 0 spiro atoms. The van der Waals surface area contributed by atoms with Crippen LogP contribution in [0.3, 0.4) is 0 Å². The van der Waals surface area contributed by atoms with E-state index in [-0.39, 0.29) is 35.7 Å². The summed E-state index contributed by atoms with van der Waals surface area (Å²) < 4.78 is 17.4. The number of rotatable bonds is 4. The summed E-state index contributed by atoms with van der Waals surface area (Å²) in [6.45, 7) is 0. The Labute approximate surface area is 107 Å². The Morgan fingerprint density at radius 1 is 1.39 bits per heavy atom. The van der Waals surface area contributed by atoms with E-state index >= 15 is 0 Å². The first-order valence-electron chi connectivity index (χ1n) is 5.10. The quantitative estimate of drug-likeness (QED) is 0.864. The Morgan fingerprint density at radius 2 is 2.11 bits per heavy atom. The molecule has 94 valence electrons. The normalized spacial score (nSPS) is 10.3. The van der Waals surface area contributed by atoms with E-state index in [1.54, 1.807) is 0 Å². The molecule has 5 nitrogen and oxygen atoms in total. The van der Waals surface area contributed by atoms with Crippen LogP contribution < -0.4 is 5.32 Å². The van der Waals surface area contributed by atoms with E-state index in [4.69, 9.17) is 16.1 Å². The van der Waals surface area contributed by atoms with Gasteiger partial charge in [0.25, 0.3) is 0 Å². The molecule has 0 bridgehead atoms. The fraction of sp³-hybridized carbons (Fsp3) is 0.182. The molecule has 0 aliphatic heterocycles. The number of halogens is 2. The van der Waals surface area contributed by atoms with Gasteiger partial charge in [-0.25, -0.2) is 4.39 Å². The molecule has 1 amide bonds. The van der Waals surface area contributed by atoms with E-state index in [9.17, 15) is 9.18 Å². The number of amides is 1. The van der Waals surface area contributed by atoms with Crippen molar-refractivity contribution in [3.05, 3.63) is 41.8 Å². The molecule has 0 aliphatic carbocycles. The molecule has 7 heteroatoms. The van der Waals surface area contributed by atoms with Crippen LogP contribution in [0.2, 0.25) is 0 Å². The van der Waals surface area contributed by atoms with Crippen molar-refractivity contribution in [1.29, 1.82) is 0 Å². The minimum absolute atomic E-state index is 0.0300. The summed E-state index contributed by atoms with van der Waals surface area (Å²) in [4.78, 5) is 15.5. The molecule has 0 atom stereocenters. The smallest absolute Gasteiger partial charge is 0.241 e. The molecule has 2 rings (SSSR count). The maximum absolute atomic E-state index is 12.7. The molecule has 0 saturated carbocycles. The molecule has 0 fully saturated rings.